The number of fused-ring (bicyclic) bond motifs is 1. The fourth-order valence-corrected chi connectivity index (χ4v) is 2.78. The third-order valence-electron chi connectivity index (χ3n) is 3.86. The molecule has 0 spiro atoms. The number of hydrogen-bond acceptors (Lipinski definition) is 7. The van der Waals surface area contributed by atoms with Crippen LogP contribution < -0.4 is 19.6 Å². The molecule has 26 heavy (non-hydrogen) atoms. The number of rotatable bonds is 4. The second-order valence-electron chi connectivity index (χ2n) is 5.30. The quantitative estimate of drug-likeness (QED) is 0.716. The van der Waals surface area contributed by atoms with Crippen LogP contribution >= 0.6 is 11.6 Å². The first-order valence-corrected chi connectivity index (χ1v) is 7.78. The fraction of sp³-hybridized carbons (Fsp3) is 0.167. The molecule has 3 rings (SSSR count). The molecule has 0 amide bonds. The second-order valence-corrected chi connectivity index (χ2v) is 5.70. The minimum atomic E-state index is -0.600. The molecule has 1 heterocycles. The van der Waals surface area contributed by atoms with Crippen LogP contribution in [-0.4, -0.2) is 31.5 Å². The van der Waals surface area contributed by atoms with Gasteiger partial charge in [-0.15, -0.1) is 0 Å². The van der Waals surface area contributed by atoms with Crippen molar-refractivity contribution in [1.82, 2.24) is 0 Å². The normalized spacial score (nSPS) is 10.8. The zero-order chi connectivity index (χ0) is 19.0. The molecule has 7 nitrogen and oxygen atoms in total. The van der Waals surface area contributed by atoms with Gasteiger partial charge in [0.15, 0.2) is 17.1 Å². The molecule has 2 aromatic carbocycles. The van der Waals surface area contributed by atoms with Gasteiger partial charge in [-0.25, -0.2) is 0 Å². The summed E-state index contributed by atoms with van der Waals surface area (Å²) < 4.78 is 21.5. The number of phenolic OH excluding ortho intramolecular Hbond substituents is 2. The maximum absolute atomic E-state index is 12.9. The average Bonchev–Trinajstić information content (AvgIpc) is 2.63. The highest BCUT2D eigenvalue weighted by atomic mass is 35.5. The molecule has 0 atom stereocenters. The van der Waals surface area contributed by atoms with E-state index in [4.69, 9.17) is 30.2 Å². The van der Waals surface area contributed by atoms with Crippen LogP contribution in [0, 0.1) is 0 Å². The van der Waals surface area contributed by atoms with Gasteiger partial charge in [-0.2, -0.15) is 0 Å². The van der Waals surface area contributed by atoms with Crippen molar-refractivity contribution in [3.8, 4) is 40.1 Å². The first-order valence-electron chi connectivity index (χ1n) is 7.40. The molecule has 3 aromatic rings. The molecule has 0 unspecified atom stereocenters. The molecule has 0 aliphatic rings. The highest BCUT2D eigenvalue weighted by Crippen LogP contribution is 2.43. The molecule has 1 aromatic heterocycles. The summed E-state index contributed by atoms with van der Waals surface area (Å²) in [4.78, 5) is 12.9. The zero-order valence-corrected chi connectivity index (χ0v) is 14.9. The summed E-state index contributed by atoms with van der Waals surface area (Å²) in [5, 5.41) is 20.1. The van der Waals surface area contributed by atoms with E-state index in [0.29, 0.717) is 5.56 Å². The summed E-state index contributed by atoms with van der Waals surface area (Å²) in [7, 11) is 4.07. The van der Waals surface area contributed by atoms with Crippen molar-refractivity contribution in [2.24, 2.45) is 0 Å². The Hall–Kier alpha value is -3.06. The monoisotopic (exact) mass is 378 g/mol. The maximum atomic E-state index is 12.9. The third kappa shape index (κ3) is 2.66. The van der Waals surface area contributed by atoms with Gasteiger partial charge in [0.1, 0.15) is 16.9 Å². The lowest BCUT2D eigenvalue weighted by molar-refractivity contribution is 0.348. The Balaban J connectivity index is 2.47. The van der Waals surface area contributed by atoms with Crippen molar-refractivity contribution in [2.75, 3.05) is 21.3 Å². The van der Waals surface area contributed by atoms with Crippen LogP contribution in [0.3, 0.4) is 0 Å². The van der Waals surface area contributed by atoms with E-state index in [9.17, 15) is 15.0 Å². The van der Waals surface area contributed by atoms with Crippen molar-refractivity contribution in [1.29, 1.82) is 0 Å². The highest BCUT2D eigenvalue weighted by molar-refractivity contribution is 6.32. The van der Waals surface area contributed by atoms with Crippen LogP contribution in [-0.2, 0) is 0 Å². The summed E-state index contributed by atoms with van der Waals surface area (Å²) >= 11 is 5.83. The second kappa shape index (κ2) is 6.68. The van der Waals surface area contributed by atoms with Crippen LogP contribution in [0.2, 0.25) is 5.02 Å². The predicted octanol–water partition coefficient (Wildman–Crippen LogP) is 3.55. The Morgan fingerprint density at radius 1 is 0.962 bits per heavy atom. The van der Waals surface area contributed by atoms with Crippen molar-refractivity contribution >= 4 is 22.6 Å². The smallest absolute Gasteiger partial charge is 0.239 e. The van der Waals surface area contributed by atoms with Gasteiger partial charge in [-0.3, -0.25) is 4.79 Å². The first-order chi connectivity index (χ1) is 12.4. The van der Waals surface area contributed by atoms with Gasteiger partial charge in [-0.1, -0.05) is 11.6 Å². The van der Waals surface area contributed by atoms with Crippen molar-refractivity contribution in [3.05, 3.63) is 39.5 Å². The lowest BCUT2D eigenvalue weighted by Gasteiger charge is -2.14. The van der Waals surface area contributed by atoms with Gasteiger partial charge in [0.05, 0.1) is 26.4 Å². The Labute approximate surface area is 152 Å². The van der Waals surface area contributed by atoms with E-state index in [2.05, 4.69) is 0 Å². The molecule has 2 N–H and O–H groups in total. The third-order valence-corrected chi connectivity index (χ3v) is 4.18. The summed E-state index contributed by atoms with van der Waals surface area (Å²) in [5.74, 6) is -0.288. The summed E-state index contributed by atoms with van der Waals surface area (Å²) in [6.07, 6.45) is 0. The van der Waals surface area contributed by atoms with E-state index < -0.39 is 5.43 Å². The highest BCUT2D eigenvalue weighted by Gasteiger charge is 2.24. The lowest BCUT2D eigenvalue weighted by Crippen LogP contribution is -2.09. The predicted molar refractivity (Wildman–Crippen MR) is 95.9 cm³/mol. The Morgan fingerprint density at radius 2 is 1.65 bits per heavy atom. The van der Waals surface area contributed by atoms with Crippen molar-refractivity contribution in [3.63, 3.8) is 0 Å². The number of halogens is 1. The molecular formula is C18H15ClO7. The Morgan fingerprint density at radius 3 is 2.23 bits per heavy atom. The molecule has 136 valence electrons. The molecule has 0 aliphatic carbocycles. The topological polar surface area (TPSA) is 98.4 Å². The number of hydrogen-bond donors (Lipinski definition) is 2. The Kier molecular flexibility index (Phi) is 4.56. The minimum Gasteiger partial charge on any atom is -0.507 e. The number of benzene rings is 2. The molecule has 0 aliphatic heterocycles. The van der Waals surface area contributed by atoms with Gasteiger partial charge < -0.3 is 28.8 Å². The standard InChI is InChI=1S/C18H15ClO7/c1-23-12-7-11(21)13-14(22)18(25-3)15(26-17(13)16(12)24-2)8-4-5-9(19)10(20)6-8/h4-7,20-21H,1-3H3. The van der Waals surface area contributed by atoms with E-state index in [1.54, 1.807) is 6.07 Å². The summed E-state index contributed by atoms with van der Waals surface area (Å²) in [6.45, 7) is 0. The van der Waals surface area contributed by atoms with Gasteiger partial charge >= 0.3 is 0 Å². The van der Waals surface area contributed by atoms with Crippen LogP contribution in [0.5, 0.6) is 28.7 Å². The summed E-state index contributed by atoms with van der Waals surface area (Å²) in [6, 6.07) is 5.60. The van der Waals surface area contributed by atoms with Gasteiger partial charge in [0.25, 0.3) is 0 Å². The molecule has 0 saturated carbocycles. The van der Waals surface area contributed by atoms with Crippen LogP contribution in [0.1, 0.15) is 0 Å². The van der Waals surface area contributed by atoms with Crippen molar-refractivity contribution < 1.29 is 28.8 Å². The largest absolute Gasteiger partial charge is 0.507 e. The van der Waals surface area contributed by atoms with Gasteiger partial charge in [0.2, 0.25) is 16.9 Å². The van der Waals surface area contributed by atoms with E-state index in [-0.39, 0.29) is 50.5 Å². The van der Waals surface area contributed by atoms with E-state index in [1.165, 1.54) is 39.5 Å². The molecule has 0 saturated heterocycles. The molecule has 0 radical (unpaired) electrons. The van der Waals surface area contributed by atoms with Crippen LogP contribution in [0.4, 0.5) is 0 Å². The van der Waals surface area contributed by atoms with Gasteiger partial charge in [-0.05, 0) is 18.2 Å². The zero-order valence-electron chi connectivity index (χ0n) is 14.1. The van der Waals surface area contributed by atoms with E-state index in [0.717, 1.165) is 0 Å². The fourth-order valence-electron chi connectivity index (χ4n) is 2.66. The molecule has 0 bridgehead atoms. The Bertz CT molecular complexity index is 1060. The minimum absolute atomic E-state index is 0.0143. The first kappa shape index (κ1) is 17.8. The maximum Gasteiger partial charge on any atom is 0.239 e. The SMILES string of the molecule is COc1cc(O)c2c(=O)c(OC)c(-c3ccc(Cl)c(O)c3)oc2c1OC. The number of ether oxygens (including phenoxy) is 3. The number of methoxy groups -OCH3 is 3. The van der Waals surface area contributed by atoms with Crippen LogP contribution in [0.25, 0.3) is 22.3 Å². The molecule has 0 fully saturated rings. The summed E-state index contributed by atoms with van der Waals surface area (Å²) in [5.41, 5.74) is -0.261. The van der Waals surface area contributed by atoms with Crippen molar-refractivity contribution in [2.45, 2.75) is 0 Å². The average molecular weight is 379 g/mol. The molecular weight excluding hydrogens is 364 g/mol. The van der Waals surface area contributed by atoms with Crippen LogP contribution in [0.15, 0.2) is 33.5 Å². The van der Waals surface area contributed by atoms with Gasteiger partial charge in [0, 0.05) is 11.6 Å². The van der Waals surface area contributed by atoms with E-state index in [1.807, 2.05) is 0 Å². The number of aromatic hydroxyl groups is 2. The number of phenols is 2. The molecule has 8 heteroatoms. The lowest BCUT2D eigenvalue weighted by atomic mass is 10.1. The van der Waals surface area contributed by atoms with E-state index >= 15 is 0 Å².